The van der Waals surface area contributed by atoms with E-state index in [9.17, 15) is 27.9 Å². The molecule has 1 rings (SSSR count). The maximum absolute atomic E-state index is 12.6. The van der Waals surface area contributed by atoms with E-state index in [2.05, 4.69) is 0 Å². The van der Waals surface area contributed by atoms with Crippen molar-refractivity contribution in [1.29, 1.82) is 0 Å². The minimum absolute atomic E-state index is 0.110. The van der Waals surface area contributed by atoms with Crippen molar-refractivity contribution in [1.82, 2.24) is 9.80 Å². The molecule has 0 aromatic rings. The van der Waals surface area contributed by atoms with Crippen LogP contribution in [0.3, 0.4) is 0 Å². The van der Waals surface area contributed by atoms with E-state index in [1.165, 1.54) is 13.8 Å². The van der Waals surface area contributed by atoms with E-state index in [0.29, 0.717) is 4.90 Å². The van der Waals surface area contributed by atoms with Gasteiger partial charge in [0.05, 0.1) is 0 Å². The maximum Gasteiger partial charge on any atom is 0.446 e. The highest BCUT2D eigenvalue weighted by atomic mass is 19.4. The Bertz CT molecular complexity index is 331. The van der Waals surface area contributed by atoms with Gasteiger partial charge in [-0.1, -0.05) is 0 Å². The molecule has 3 amide bonds. The lowest BCUT2D eigenvalue weighted by Crippen LogP contribution is -2.60. The van der Waals surface area contributed by atoms with Gasteiger partial charge < -0.3 is 5.11 Å². The van der Waals surface area contributed by atoms with Crippen molar-refractivity contribution in [2.75, 3.05) is 13.1 Å². The normalized spacial score (nSPS) is 26.9. The molecule has 1 saturated heterocycles. The van der Waals surface area contributed by atoms with Crippen LogP contribution in [0.15, 0.2) is 0 Å². The Hall–Kier alpha value is -1.31. The molecule has 1 aliphatic heterocycles. The number of carbonyl (C=O) groups is 2. The number of halogens is 3. The quantitative estimate of drug-likeness (QED) is 0.717. The van der Waals surface area contributed by atoms with E-state index in [1.54, 1.807) is 0 Å². The summed E-state index contributed by atoms with van der Waals surface area (Å²) in [5, 5.41) is 9.42. The molecule has 1 fully saturated rings. The Kier molecular flexibility index (Phi) is 2.88. The number of rotatable bonds is 2. The van der Waals surface area contributed by atoms with Crippen LogP contribution >= 0.6 is 0 Å². The van der Waals surface area contributed by atoms with Crippen molar-refractivity contribution in [2.24, 2.45) is 0 Å². The van der Waals surface area contributed by atoms with Crippen LogP contribution in [0, 0.1) is 0 Å². The second-order valence-electron chi connectivity index (χ2n) is 3.25. The molecule has 1 unspecified atom stereocenters. The van der Waals surface area contributed by atoms with E-state index in [4.69, 9.17) is 0 Å². The molecule has 16 heavy (non-hydrogen) atoms. The average molecular weight is 240 g/mol. The first-order valence-electron chi connectivity index (χ1n) is 4.64. The third-order valence-electron chi connectivity index (χ3n) is 2.42. The minimum Gasteiger partial charge on any atom is -0.356 e. The predicted molar refractivity (Wildman–Crippen MR) is 46.2 cm³/mol. The van der Waals surface area contributed by atoms with Gasteiger partial charge in [-0.25, -0.2) is 4.79 Å². The third kappa shape index (κ3) is 1.36. The zero-order valence-corrected chi connectivity index (χ0v) is 8.71. The lowest BCUT2D eigenvalue weighted by molar-refractivity contribution is -0.283. The number of hydrogen-bond acceptors (Lipinski definition) is 3. The average Bonchev–Trinajstić information content (AvgIpc) is 2.35. The Balaban J connectivity index is 3.28. The maximum atomic E-state index is 12.6. The van der Waals surface area contributed by atoms with E-state index in [0.717, 1.165) is 0 Å². The molecule has 5 nitrogen and oxygen atoms in total. The van der Waals surface area contributed by atoms with Crippen molar-refractivity contribution in [3.05, 3.63) is 0 Å². The number of likely N-dealkylation sites (N-methyl/N-ethyl adjacent to an activating group) is 2. The number of hydrogen-bond donors (Lipinski definition) is 1. The summed E-state index contributed by atoms with van der Waals surface area (Å²) in [5.74, 6) is -1.64. The van der Waals surface area contributed by atoms with Crippen LogP contribution in [0.25, 0.3) is 0 Å². The number of carbonyl (C=O) groups excluding carboxylic acids is 2. The summed E-state index contributed by atoms with van der Waals surface area (Å²) in [4.78, 5) is 23.3. The molecule has 0 saturated carbocycles. The Morgan fingerprint density at radius 3 is 2.00 bits per heavy atom. The molecule has 0 aromatic carbocycles. The van der Waals surface area contributed by atoms with Gasteiger partial charge in [0.15, 0.2) is 0 Å². The lowest BCUT2D eigenvalue weighted by atomic mass is 10.2. The highest BCUT2D eigenvalue weighted by molar-refractivity contribution is 6.06. The van der Waals surface area contributed by atoms with E-state index < -0.39 is 30.4 Å². The zero-order valence-electron chi connectivity index (χ0n) is 8.71. The number of alkyl halides is 3. The van der Waals surface area contributed by atoms with Gasteiger partial charge in [0, 0.05) is 13.1 Å². The van der Waals surface area contributed by atoms with Gasteiger partial charge in [0.25, 0.3) is 5.91 Å². The first-order valence-corrected chi connectivity index (χ1v) is 4.64. The Labute approximate surface area is 89.4 Å². The summed E-state index contributed by atoms with van der Waals surface area (Å²) in [6.07, 6.45) is -5.21. The highest BCUT2D eigenvalue weighted by Crippen LogP contribution is 2.39. The van der Waals surface area contributed by atoms with Gasteiger partial charge >= 0.3 is 17.9 Å². The fraction of sp³-hybridized carbons (Fsp3) is 0.750. The van der Waals surface area contributed by atoms with Crippen molar-refractivity contribution < 1.29 is 27.9 Å². The number of nitrogens with zero attached hydrogens (tertiary/aromatic N) is 2. The van der Waals surface area contributed by atoms with Crippen molar-refractivity contribution in [3.63, 3.8) is 0 Å². The minimum atomic E-state index is -5.21. The summed E-state index contributed by atoms with van der Waals surface area (Å²) in [6.45, 7) is 1.98. The summed E-state index contributed by atoms with van der Waals surface area (Å²) in [5.41, 5.74) is -3.73. The van der Waals surface area contributed by atoms with E-state index >= 15 is 0 Å². The van der Waals surface area contributed by atoms with Gasteiger partial charge in [-0.15, -0.1) is 0 Å². The Morgan fingerprint density at radius 1 is 1.25 bits per heavy atom. The SMILES string of the molecule is CCN1C(=O)N(CC)C(O)(C(F)(F)F)C1=O. The van der Waals surface area contributed by atoms with Crippen LogP contribution in [0.4, 0.5) is 18.0 Å². The number of amides is 3. The summed E-state index contributed by atoms with van der Waals surface area (Å²) in [6, 6.07) is -1.13. The van der Waals surface area contributed by atoms with Crippen molar-refractivity contribution >= 4 is 11.9 Å². The van der Waals surface area contributed by atoms with Crippen LogP contribution in [-0.4, -0.2) is 51.8 Å². The third-order valence-corrected chi connectivity index (χ3v) is 2.42. The monoisotopic (exact) mass is 240 g/mol. The molecule has 92 valence electrons. The molecule has 0 bridgehead atoms. The molecule has 1 aliphatic rings. The van der Waals surface area contributed by atoms with E-state index in [1.807, 2.05) is 0 Å². The van der Waals surface area contributed by atoms with Crippen LogP contribution in [0.2, 0.25) is 0 Å². The first kappa shape index (κ1) is 12.8. The fourth-order valence-corrected chi connectivity index (χ4v) is 1.59. The number of imide groups is 1. The van der Waals surface area contributed by atoms with Crippen molar-refractivity contribution in [3.8, 4) is 0 Å². The molecule has 0 aromatic heterocycles. The summed E-state index contributed by atoms with van der Waals surface area (Å²) in [7, 11) is 0. The molecule has 0 spiro atoms. The summed E-state index contributed by atoms with van der Waals surface area (Å²) < 4.78 is 37.9. The fourth-order valence-electron chi connectivity index (χ4n) is 1.59. The van der Waals surface area contributed by atoms with Crippen LogP contribution in [0.1, 0.15) is 13.8 Å². The van der Waals surface area contributed by atoms with Gasteiger partial charge in [0.1, 0.15) is 0 Å². The van der Waals surface area contributed by atoms with Gasteiger partial charge in [0.2, 0.25) is 0 Å². The molecule has 0 radical (unpaired) electrons. The number of aliphatic hydroxyl groups is 1. The number of urea groups is 1. The van der Waals surface area contributed by atoms with Gasteiger partial charge in [-0.2, -0.15) is 13.2 Å². The van der Waals surface area contributed by atoms with Crippen LogP contribution in [-0.2, 0) is 4.79 Å². The molecule has 1 atom stereocenters. The lowest BCUT2D eigenvalue weighted by Gasteiger charge is -2.30. The predicted octanol–water partition coefficient (Wildman–Crippen LogP) is 0.541. The van der Waals surface area contributed by atoms with E-state index in [-0.39, 0.29) is 11.4 Å². The molecule has 1 heterocycles. The summed E-state index contributed by atoms with van der Waals surface area (Å²) >= 11 is 0. The second-order valence-corrected chi connectivity index (χ2v) is 3.25. The molecule has 0 aliphatic carbocycles. The smallest absolute Gasteiger partial charge is 0.356 e. The topological polar surface area (TPSA) is 60.9 Å². The first-order chi connectivity index (χ1) is 7.21. The molecular formula is C8H11F3N2O3. The van der Waals surface area contributed by atoms with Crippen LogP contribution in [0.5, 0.6) is 0 Å². The molecule has 1 N–H and O–H groups in total. The standard InChI is InChI=1S/C8H11F3N2O3/c1-3-12-5(14)7(16,8(9,10)11)13(4-2)6(12)15/h16H,3-4H2,1-2H3. The zero-order chi connectivity index (χ0) is 12.7. The van der Waals surface area contributed by atoms with Gasteiger partial charge in [-0.3, -0.25) is 14.6 Å². The molecular weight excluding hydrogens is 229 g/mol. The van der Waals surface area contributed by atoms with Gasteiger partial charge in [-0.05, 0) is 13.8 Å². The van der Waals surface area contributed by atoms with Crippen LogP contribution < -0.4 is 0 Å². The Morgan fingerprint density at radius 2 is 1.75 bits per heavy atom. The van der Waals surface area contributed by atoms with Crippen molar-refractivity contribution in [2.45, 2.75) is 25.7 Å². The largest absolute Gasteiger partial charge is 0.446 e. The highest BCUT2D eigenvalue weighted by Gasteiger charge is 2.70. The second kappa shape index (κ2) is 3.62. The molecule has 8 heteroatoms.